The van der Waals surface area contributed by atoms with Gasteiger partial charge in [0, 0.05) is 17.5 Å². The molecule has 0 aromatic heterocycles. The van der Waals surface area contributed by atoms with Crippen molar-refractivity contribution in [2.24, 2.45) is 0 Å². The first-order valence-corrected chi connectivity index (χ1v) is 7.04. The smallest absolute Gasteiger partial charge is 0.119 e. The van der Waals surface area contributed by atoms with Crippen molar-refractivity contribution in [3.63, 3.8) is 0 Å². The lowest BCUT2D eigenvalue weighted by Gasteiger charge is -2.36. The van der Waals surface area contributed by atoms with Crippen LogP contribution in [0, 0.1) is 0 Å². The molecule has 2 bridgehead atoms. The van der Waals surface area contributed by atoms with Gasteiger partial charge in [-0.15, -0.1) is 0 Å². The lowest BCUT2D eigenvalue weighted by molar-refractivity contribution is 0.239. The Balaban J connectivity index is 2.03. The third-order valence-electron chi connectivity index (χ3n) is 5.39. The first kappa shape index (κ1) is 12.0. The Morgan fingerprint density at radius 3 is 3.00 bits per heavy atom. The van der Waals surface area contributed by atoms with Crippen molar-refractivity contribution in [3.05, 3.63) is 29.8 Å². The molecule has 0 amide bonds. The zero-order valence-corrected chi connectivity index (χ0v) is 11.6. The van der Waals surface area contributed by atoms with Crippen LogP contribution >= 0.6 is 0 Å². The number of ether oxygens (including phenoxy) is 1. The Morgan fingerprint density at radius 1 is 1.39 bits per heavy atom. The molecule has 18 heavy (non-hydrogen) atoms. The lowest BCUT2D eigenvalue weighted by atomic mass is 9.67. The van der Waals surface area contributed by atoms with Crippen molar-refractivity contribution in [2.75, 3.05) is 14.2 Å². The molecular weight excluding hydrogens is 222 g/mol. The van der Waals surface area contributed by atoms with Gasteiger partial charge in [0.25, 0.3) is 0 Å². The monoisotopic (exact) mass is 245 g/mol. The maximum absolute atomic E-state index is 5.40. The Hall–Kier alpha value is -1.02. The quantitative estimate of drug-likeness (QED) is 0.793. The zero-order chi connectivity index (χ0) is 12.8. The number of methoxy groups -OCH3 is 1. The standard InChI is InChI=1S/C16H23NO/c1-12-16(9-5-7-14(11-16)17(12)2)13-6-4-8-15(10-13)18-3/h4,6,8,10,12,14H,5,7,9,11H2,1-3H3/t12-,14-,16-/m0/s1. The highest BCUT2D eigenvalue weighted by atomic mass is 16.5. The van der Waals surface area contributed by atoms with Gasteiger partial charge in [-0.3, -0.25) is 4.90 Å². The van der Waals surface area contributed by atoms with Crippen LogP contribution in [0.25, 0.3) is 0 Å². The van der Waals surface area contributed by atoms with Gasteiger partial charge in [-0.25, -0.2) is 0 Å². The summed E-state index contributed by atoms with van der Waals surface area (Å²) < 4.78 is 5.40. The van der Waals surface area contributed by atoms with Crippen LogP contribution in [0.15, 0.2) is 24.3 Å². The van der Waals surface area contributed by atoms with Crippen molar-refractivity contribution in [1.29, 1.82) is 0 Å². The van der Waals surface area contributed by atoms with E-state index in [1.165, 1.54) is 31.2 Å². The van der Waals surface area contributed by atoms with Gasteiger partial charge in [0.1, 0.15) is 5.75 Å². The number of hydrogen-bond acceptors (Lipinski definition) is 2. The molecule has 3 rings (SSSR count). The summed E-state index contributed by atoms with van der Waals surface area (Å²) in [5.41, 5.74) is 1.83. The molecule has 2 nitrogen and oxygen atoms in total. The summed E-state index contributed by atoms with van der Waals surface area (Å²) in [7, 11) is 4.05. The maximum atomic E-state index is 5.40. The average Bonchev–Trinajstić information content (AvgIpc) is 2.61. The Morgan fingerprint density at radius 2 is 2.22 bits per heavy atom. The summed E-state index contributed by atoms with van der Waals surface area (Å²) in [6, 6.07) is 10.1. The number of nitrogens with zero attached hydrogens (tertiary/aromatic N) is 1. The van der Waals surface area contributed by atoms with E-state index in [0.29, 0.717) is 11.5 Å². The Bertz CT molecular complexity index is 444. The molecule has 0 unspecified atom stereocenters. The van der Waals surface area contributed by atoms with E-state index in [1.807, 2.05) is 6.07 Å². The molecule has 1 aromatic rings. The molecule has 2 fully saturated rings. The van der Waals surface area contributed by atoms with Crippen molar-refractivity contribution < 1.29 is 4.74 Å². The number of likely N-dealkylation sites (N-methyl/N-ethyl adjacent to an activating group) is 1. The fourth-order valence-corrected chi connectivity index (χ4v) is 4.15. The molecule has 1 aliphatic heterocycles. The van der Waals surface area contributed by atoms with Gasteiger partial charge in [-0.05, 0) is 50.9 Å². The molecule has 0 N–H and O–H groups in total. The summed E-state index contributed by atoms with van der Waals surface area (Å²) in [5, 5.41) is 0. The Kier molecular flexibility index (Phi) is 2.86. The predicted molar refractivity (Wildman–Crippen MR) is 74.2 cm³/mol. The minimum absolute atomic E-state index is 0.353. The molecule has 2 aliphatic rings. The van der Waals surface area contributed by atoms with Crippen LogP contribution in [-0.4, -0.2) is 31.1 Å². The van der Waals surface area contributed by atoms with Crippen LogP contribution in [-0.2, 0) is 5.41 Å². The first-order valence-electron chi connectivity index (χ1n) is 7.04. The van der Waals surface area contributed by atoms with E-state index in [4.69, 9.17) is 4.74 Å². The topological polar surface area (TPSA) is 12.5 Å². The van der Waals surface area contributed by atoms with E-state index in [9.17, 15) is 0 Å². The highest BCUT2D eigenvalue weighted by molar-refractivity contribution is 5.37. The van der Waals surface area contributed by atoms with E-state index in [0.717, 1.165) is 11.8 Å². The number of likely N-dealkylation sites (tertiary alicyclic amines) is 1. The molecule has 0 radical (unpaired) electrons. The first-order chi connectivity index (χ1) is 8.67. The van der Waals surface area contributed by atoms with Crippen molar-refractivity contribution in [2.45, 2.75) is 50.1 Å². The molecule has 1 aliphatic carbocycles. The van der Waals surface area contributed by atoms with Crippen LogP contribution in [0.2, 0.25) is 0 Å². The molecule has 0 spiro atoms. The molecule has 1 saturated carbocycles. The highest BCUT2D eigenvalue weighted by Crippen LogP contribution is 2.51. The van der Waals surface area contributed by atoms with Crippen LogP contribution < -0.4 is 4.74 Å². The largest absolute Gasteiger partial charge is 0.497 e. The SMILES string of the molecule is COc1cccc([C@@]23CCC[C@@H](C2)N(C)[C@H]3C)c1. The number of rotatable bonds is 2. The predicted octanol–water partition coefficient (Wildman–Crippen LogP) is 3.21. The van der Waals surface area contributed by atoms with Crippen molar-refractivity contribution >= 4 is 0 Å². The number of hydrogen-bond donors (Lipinski definition) is 0. The second-order valence-electron chi connectivity index (χ2n) is 5.98. The number of fused-ring (bicyclic) bond motifs is 2. The summed E-state index contributed by atoms with van der Waals surface area (Å²) in [6.07, 6.45) is 5.36. The minimum Gasteiger partial charge on any atom is -0.497 e. The lowest BCUT2D eigenvalue weighted by Crippen LogP contribution is -2.38. The zero-order valence-electron chi connectivity index (χ0n) is 11.6. The summed E-state index contributed by atoms with van der Waals surface area (Å²) >= 11 is 0. The molecule has 1 aromatic carbocycles. The third kappa shape index (κ3) is 1.58. The van der Waals surface area contributed by atoms with Gasteiger partial charge >= 0.3 is 0 Å². The normalized spacial score (nSPS) is 35.7. The second-order valence-corrected chi connectivity index (χ2v) is 5.98. The van der Waals surface area contributed by atoms with Gasteiger partial charge in [0.15, 0.2) is 0 Å². The molecule has 98 valence electrons. The second kappa shape index (κ2) is 4.27. The van der Waals surface area contributed by atoms with Gasteiger partial charge in [0.05, 0.1) is 7.11 Å². The van der Waals surface area contributed by atoms with E-state index in [2.05, 4.69) is 37.1 Å². The fraction of sp³-hybridized carbons (Fsp3) is 0.625. The van der Waals surface area contributed by atoms with E-state index in [1.54, 1.807) is 7.11 Å². The molecule has 1 heterocycles. The summed E-state index contributed by atoms with van der Waals surface area (Å²) in [6.45, 7) is 2.39. The summed E-state index contributed by atoms with van der Waals surface area (Å²) in [5.74, 6) is 0.991. The average molecular weight is 245 g/mol. The highest BCUT2D eigenvalue weighted by Gasteiger charge is 2.51. The fourth-order valence-electron chi connectivity index (χ4n) is 4.15. The van der Waals surface area contributed by atoms with E-state index < -0.39 is 0 Å². The summed E-state index contributed by atoms with van der Waals surface area (Å²) in [4.78, 5) is 2.59. The van der Waals surface area contributed by atoms with Crippen LogP contribution in [0.5, 0.6) is 5.75 Å². The van der Waals surface area contributed by atoms with Gasteiger partial charge in [-0.2, -0.15) is 0 Å². The van der Waals surface area contributed by atoms with Crippen molar-refractivity contribution in [1.82, 2.24) is 4.90 Å². The van der Waals surface area contributed by atoms with Crippen LogP contribution in [0.4, 0.5) is 0 Å². The van der Waals surface area contributed by atoms with Crippen molar-refractivity contribution in [3.8, 4) is 5.75 Å². The molecule has 1 saturated heterocycles. The minimum atomic E-state index is 0.353. The van der Waals surface area contributed by atoms with Gasteiger partial charge in [0.2, 0.25) is 0 Å². The van der Waals surface area contributed by atoms with E-state index in [-0.39, 0.29) is 0 Å². The van der Waals surface area contributed by atoms with Gasteiger partial charge < -0.3 is 4.74 Å². The molecular formula is C16H23NO. The van der Waals surface area contributed by atoms with Gasteiger partial charge in [-0.1, -0.05) is 18.6 Å². The van der Waals surface area contributed by atoms with Crippen LogP contribution in [0.3, 0.4) is 0 Å². The third-order valence-corrected chi connectivity index (χ3v) is 5.39. The van der Waals surface area contributed by atoms with Crippen LogP contribution in [0.1, 0.15) is 38.2 Å². The van der Waals surface area contributed by atoms with E-state index >= 15 is 0 Å². The number of benzene rings is 1. The molecule has 2 heteroatoms. The molecule has 3 atom stereocenters. The Labute approximate surface area is 110 Å². The maximum Gasteiger partial charge on any atom is 0.119 e.